The van der Waals surface area contributed by atoms with Crippen molar-refractivity contribution in [3.63, 3.8) is 0 Å². The number of aromatic nitrogens is 2. The second-order valence-electron chi connectivity index (χ2n) is 7.08. The van der Waals surface area contributed by atoms with E-state index in [0.717, 1.165) is 49.6 Å². The molecular weight excluding hydrogens is 322 g/mol. The van der Waals surface area contributed by atoms with E-state index in [9.17, 15) is 5.11 Å². The van der Waals surface area contributed by atoms with Crippen LogP contribution in [0.1, 0.15) is 36.6 Å². The first-order valence-electron chi connectivity index (χ1n) is 8.82. The highest BCUT2D eigenvalue weighted by atomic mass is 32.1. The number of aliphatic hydroxyl groups excluding tert-OH is 1. The Morgan fingerprint density at radius 2 is 2.08 bits per heavy atom. The SMILES string of the molecule is CCO[C@H]1C[C@H](O)C12CCN(c1ncnc3sc(C)c(C)c13)CC2. The zero-order chi connectivity index (χ0) is 16.9. The number of hydrogen-bond acceptors (Lipinski definition) is 6. The fourth-order valence-corrected chi connectivity index (χ4v) is 5.35. The van der Waals surface area contributed by atoms with Crippen molar-refractivity contribution in [3.05, 3.63) is 16.8 Å². The quantitative estimate of drug-likeness (QED) is 0.925. The van der Waals surface area contributed by atoms with Crippen LogP contribution < -0.4 is 4.90 Å². The van der Waals surface area contributed by atoms with Crippen LogP contribution in [0.25, 0.3) is 10.2 Å². The van der Waals surface area contributed by atoms with Gasteiger partial charge in [0.2, 0.25) is 0 Å². The number of aryl methyl sites for hydroxylation is 2. The summed E-state index contributed by atoms with van der Waals surface area (Å²) >= 11 is 1.74. The molecule has 2 aromatic heterocycles. The molecule has 130 valence electrons. The van der Waals surface area contributed by atoms with Gasteiger partial charge < -0.3 is 14.7 Å². The molecule has 1 spiro atoms. The van der Waals surface area contributed by atoms with Crippen LogP contribution in [0, 0.1) is 19.3 Å². The summed E-state index contributed by atoms with van der Waals surface area (Å²) in [7, 11) is 0. The number of aliphatic hydroxyl groups is 1. The van der Waals surface area contributed by atoms with E-state index in [1.165, 1.54) is 15.8 Å². The third-order valence-corrected chi connectivity index (χ3v) is 7.16. The minimum absolute atomic E-state index is 0.0434. The maximum Gasteiger partial charge on any atom is 0.141 e. The van der Waals surface area contributed by atoms with Gasteiger partial charge in [-0.2, -0.15) is 0 Å². The molecule has 2 atom stereocenters. The van der Waals surface area contributed by atoms with Crippen molar-refractivity contribution in [3.8, 4) is 0 Å². The Kier molecular flexibility index (Phi) is 4.01. The molecule has 0 amide bonds. The van der Waals surface area contributed by atoms with Crippen molar-refractivity contribution in [1.82, 2.24) is 9.97 Å². The summed E-state index contributed by atoms with van der Waals surface area (Å²) in [5, 5.41) is 11.6. The van der Waals surface area contributed by atoms with Crippen LogP contribution in [0.5, 0.6) is 0 Å². The van der Waals surface area contributed by atoms with Crippen LogP contribution in [0.2, 0.25) is 0 Å². The van der Waals surface area contributed by atoms with Crippen LogP contribution in [0.3, 0.4) is 0 Å². The first-order chi connectivity index (χ1) is 11.6. The molecular formula is C18H25N3O2S. The molecule has 5 nitrogen and oxygen atoms in total. The molecule has 0 unspecified atom stereocenters. The average Bonchev–Trinajstić information content (AvgIpc) is 2.89. The van der Waals surface area contributed by atoms with E-state index in [2.05, 4.69) is 28.7 Å². The van der Waals surface area contributed by atoms with Gasteiger partial charge in [0, 0.05) is 36.4 Å². The summed E-state index contributed by atoms with van der Waals surface area (Å²) in [5.41, 5.74) is 1.25. The average molecular weight is 347 g/mol. The zero-order valence-electron chi connectivity index (χ0n) is 14.6. The number of thiophene rings is 1. The normalized spacial score (nSPS) is 26.1. The highest BCUT2D eigenvalue weighted by molar-refractivity contribution is 7.18. The Hall–Kier alpha value is -1.24. The maximum absolute atomic E-state index is 10.4. The van der Waals surface area contributed by atoms with Crippen molar-refractivity contribution in [2.75, 3.05) is 24.6 Å². The highest BCUT2D eigenvalue weighted by Crippen LogP contribution is 2.51. The number of rotatable bonds is 3. The third kappa shape index (κ3) is 2.27. The second-order valence-corrected chi connectivity index (χ2v) is 8.28. The molecule has 0 aromatic carbocycles. The van der Waals surface area contributed by atoms with Gasteiger partial charge in [-0.05, 0) is 39.2 Å². The van der Waals surface area contributed by atoms with Gasteiger partial charge in [-0.1, -0.05) is 0 Å². The highest BCUT2D eigenvalue weighted by Gasteiger charge is 2.56. The standard InChI is InChI=1S/C18H25N3O2S/c1-4-23-14-9-13(22)18(14)5-7-21(8-6-18)16-15-11(2)12(3)24-17(15)20-10-19-16/h10,13-14,22H,4-9H2,1-3H3/t13-,14-/m0/s1. The van der Waals surface area contributed by atoms with Crippen molar-refractivity contribution in [2.24, 2.45) is 5.41 Å². The van der Waals surface area contributed by atoms with E-state index < -0.39 is 0 Å². The van der Waals surface area contributed by atoms with E-state index in [0.29, 0.717) is 0 Å². The van der Waals surface area contributed by atoms with Crippen molar-refractivity contribution in [2.45, 2.75) is 52.2 Å². The number of fused-ring (bicyclic) bond motifs is 1. The van der Waals surface area contributed by atoms with Crippen LogP contribution >= 0.6 is 11.3 Å². The first-order valence-corrected chi connectivity index (χ1v) is 9.64. The summed E-state index contributed by atoms with van der Waals surface area (Å²) in [4.78, 5) is 13.8. The smallest absolute Gasteiger partial charge is 0.141 e. The lowest BCUT2D eigenvalue weighted by Gasteiger charge is -2.56. The number of hydrogen-bond donors (Lipinski definition) is 1. The van der Waals surface area contributed by atoms with E-state index in [4.69, 9.17) is 4.74 Å². The molecule has 2 fully saturated rings. The fourth-order valence-electron chi connectivity index (χ4n) is 4.36. The van der Waals surface area contributed by atoms with Crippen LogP contribution in [0.15, 0.2) is 6.33 Å². The summed E-state index contributed by atoms with van der Waals surface area (Å²) in [5.74, 6) is 1.05. The number of nitrogens with zero attached hydrogens (tertiary/aromatic N) is 3. The first kappa shape index (κ1) is 16.2. The predicted octanol–water partition coefficient (Wildman–Crippen LogP) is 3.06. The van der Waals surface area contributed by atoms with Gasteiger partial charge in [-0.3, -0.25) is 0 Å². The van der Waals surface area contributed by atoms with Crippen LogP contribution in [-0.4, -0.2) is 47.0 Å². The molecule has 1 N–H and O–H groups in total. The summed E-state index contributed by atoms with van der Waals surface area (Å²) in [6, 6.07) is 0. The van der Waals surface area contributed by atoms with E-state index in [1.807, 2.05) is 6.92 Å². The molecule has 3 heterocycles. The lowest BCUT2D eigenvalue weighted by molar-refractivity contribution is -0.199. The molecule has 2 aromatic rings. The fraction of sp³-hybridized carbons (Fsp3) is 0.667. The molecule has 1 aliphatic carbocycles. The predicted molar refractivity (Wildman–Crippen MR) is 96.8 cm³/mol. The van der Waals surface area contributed by atoms with Crippen molar-refractivity contribution >= 4 is 27.4 Å². The van der Waals surface area contributed by atoms with Gasteiger partial charge in [0.05, 0.1) is 17.6 Å². The van der Waals surface area contributed by atoms with Gasteiger partial charge in [-0.25, -0.2) is 9.97 Å². The van der Waals surface area contributed by atoms with Gasteiger partial charge in [0.15, 0.2) is 0 Å². The maximum atomic E-state index is 10.4. The molecule has 1 saturated carbocycles. The Morgan fingerprint density at radius 1 is 1.33 bits per heavy atom. The minimum Gasteiger partial charge on any atom is -0.392 e. The molecule has 4 rings (SSSR count). The molecule has 1 aliphatic heterocycles. The Morgan fingerprint density at radius 3 is 2.75 bits per heavy atom. The topological polar surface area (TPSA) is 58.5 Å². The summed E-state index contributed by atoms with van der Waals surface area (Å²) < 4.78 is 5.87. The Bertz CT molecular complexity index is 750. The van der Waals surface area contributed by atoms with Gasteiger partial charge >= 0.3 is 0 Å². The molecule has 2 aliphatic rings. The number of anilines is 1. The van der Waals surface area contributed by atoms with Crippen molar-refractivity contribution < 1.29 is 9.84 Å². The van der Waals surface area contributed by atoms with E-state index in [-0.39, 0.29) is 17.6 Å². The number of ether oxygens (including phenoxy) is 1. The molecule has 0 radical (unpaired) electrons. The second kappa shape index (κ2) is 5.93. The van der Waals surface area contributed by atoms with Crippen LogP contribution in [-0.2, 0) is 4.74 Å². The molecule has 1 saturated heterocycles. The molecule has 6 heteroatoms. The summed E-state index contributed by atoms with van der Waals surface area (Å²) in [6.07, 6.45) is 4.40. The van der Waals surface area contributed by atoms with Gasteiger partial charge in [-0.15, -0.1) is 11.3 Å². The molecule has 24 heavy (non-hydrogen) atoms. The Labute approximate surface area is 146 Å². The lowest BCUT2D eigenvalue weighted by Crippen LogP contribution is -2.62. The Balaban J connectivity index is 1.59. The summed E-state index contributed by atoms with van der Waals surface area (Å²) in [6.45, 7) is 8.90. The number of piperidine rings is 1. The lowest BCUT2D eigenvalue weighted by atomic mass is 9.58. The largest absolute Gasteiger partial charge is 0.392 e. The van der Waals surface area contributed by atoms with Crippen molar-refractivity contribution in [1.29, 1.82) is 0 Å². The monoisotopic (exact) mass is 347 g/mol. The molecule has 0 bridgehead atoms. The third-order valence-electron chi connectivity index (χ3n) is 6.05. The van der Waals surface area contributed by atoms with Gasteiger partial charge in [0.1, 0.15) is 17.0 Å². The van der Waals surface area contributed by atoms with Gasteiger partial charge in [0.25, 0.3) is 0 Å². The van der Waals surface area contributed by atoms with E-state index >= 15 is 0 Å². The zero-order valence-corrected chi connectivity index (χ0v) is 15.4. The minimum atomic E-state index is -0.216. The van der Waals surface area contributed by atoms with E-state index in [1.54, 1.807) is 17.7 Å². The van der Waals surface area contributed by atoms with Crippen LogP contribution in [0.4, 0.5) is 5.82 Å².